The first-order valence-electron chi connectivity index (χ1n) is 20.3. The van der Waals surface area contributed by atoms with Crippen molar-refractivity contribution in [2.45, 2.75) is 0 Å². The Morgan fingerprint density at radius 3 is 1.68 bits per heavy atom. The van der Waals surface area contributed by atoms with E-state index in [-0.39, 0.29) is 0 Å². The molecule has 6 nitrogen and oxygen atoms in total. The second kappa shape index (κ2) is 13.0. The van der Waals surface area contributed by atoms with Gasteiger partial charge >= 0.3 is 0 Å². The van der Waals surface area contributed by atoms with Crippen molar-refractivity contribution in [3.8, 4) is 39.9 Å². The molecule has 59 heavy (non-hydrogen) atoms. The van der Waals surface area contributed by atoms with Gasteiger partial charge in [0.2, 0.25) is 5.95 Å². The third-order valence-electron chi connectivity index (χ3n) is 13.3. The van der Waals surface area contributed by atoms with Crippen molar-refractivity contribution in [2.24, 2.45) is 0 Å². The third kappa shape index (κ3) is 5.08. The van der Waals surface area contributed by atoms with E-state index < -0.39 is 0 Å². The molecule has 0 amide bonds. The van der Waals surface area contributed by atoms with Gasteiger partial charge in [0.25, 0.3) is 0 Å². The van der Waals surface area contributed by atoms with E-state index in [1.807, 2.05) is 36.4 Å². The minimum atomic E-state index is 0.579. The van der Waals surface area contributed by atoms with Crippen LogP contribution in [0, 0.1) is 0 Å². The molecule has 0 saturated heterocycles. The summed E-state index contributed by atoms with van der Waals surface area (Å²) in [6, 6.07) is 37.4. The molecule has 0 aliphatic rings. The normalized spacial score (nSPS) is 11.9. The lowest BCUT2D eigenvalue weighted by Gasteiger charge is -2.16. The van der Waals surface area contributed by atoms with Gasteiger partial charge in [0.05, 0.1) is 0 Å². The molecule has 0 aliphatic heterocycles. The van der Waals surface area contributed by atoms with Gasteiger partial charge in [-0.15, -0.1) is 10.9 Å². The molecular weight excluding hydrogens is 715 g/mol. The summed E-state index contributed by atoms with van der Waals surface area (Å²) in [7, 11) is 17.9. The van der Waals surface area contributed by atoms with E-state index in [0.717, 1.165) is 77.2 Å². The first kappa shape index (κ1) is 35.6. The summed E-state index contributed by atoms with van der Waals surface area (Å²) < 4.78 is 15.5. The van der Waals surface area contributed by atoms with Crippen molar-refractivity contribution >= 4 is 172 Å². The topological polar surface area (TPSA) is 69.9 Å². The second-order valence-corrected chi connectivity index (χ2v) is 16.2. The highest BCUT2D eigenvalue weighted by molar-refractivity contribution is 6.71. The quantitative estimate of drug-likeness (QED) is 0.192. The Morgan fingerprint density at radius 1 is 0.390 bits per heavy atom. The molecule has 14 heteroatoms. The third-order valence-corrected chi connectivity index (χ3v) is 13.3. The van der Waals surface area contributed by atoms with E-state index in [2.05, 4.69) is 140 Å². The molecule has 0 spiro atoms. The van der Waals surface area contributed by atoms with Crippen molar-refractivity contribution in [3.05, 3.63) is 109 Å². The molecule has 11 aromatic rings. The molecule has 4 aromatic heterocycles. The van der Waals surface area contributed by atoms with Gasteiger partial charge in [-0.1, -0.05) is 118 Å². The van der Waals surface area contributed by atoms with Crippen LogP contribution in [0.2, 0.25) is 0 Å². The van der Waals surface area contributed by atoms with E-state index in [4.69, 9.17) is 23.8 Å². The molecule has 270 valence electrons. The van der Waals surface area contributed by atoms with Gasteiger partial charge in [0.1, 0.15) is 85.1 Å². The highest BCUT2D eigenvalue weighted by Crippen LogP contribution is 2.42. The zero-order chi connectivity index (χ0) is 40.4. The summed E-state index contributed by atoms with van der Waals surface area (Å²) in [6.45, 7) is 0. The molecule has 0 saturated carbocycles. The Hall–Kier alpha value is -6.53. The molecule has 0 aliphatic carbocycles. The Bertz CT molecular complexity index is 3540. The van der Waals surface area contributed by atoms with Crippen LogP contribution < -0.4 is 43.7 Å². The number of benzene rings is 7. The van der Waals surface area contributed by atoms with Crippen LogP contribution in [0.3, 0.4) is 0 Å². The maximum Gasteiger partial charge on any atom is 0.238 e. The number of nitrogens with zero attached hydrogens (tertiary/aromatic N) is 4. The van der Waals surface area contributed by atoms with Gasteiger partial charge in [-0.2, -0.15) is 9.97 Å². The lowest BCUT2D eigenvalue weighted by atomic mass is 9.63. The predicted octanol–water partition coefficient (Wildman–Crippen LogP) is -2.16. The number of aromatic nitrogens is 4. The number of fused-ring (bicyclic) bond motifs is 9. The Kier molecular flexibility index (Phi) is 7.84. The average molecular weight is 749 g/mol. The fraction of sp³-hybridized carbons (Fsp3) is 0. The molecule has 4 heterocycles. The van der Waals surface area contributed by atoms with Crippen molar-refractivity contribution in [1.29, 1.82) is 0 Å². The van der Waals surface area contributed by atoms with Crippen LogP contribution in [0.25, 0.3) is 106 Å². The Balaban J connectivity index is 1.17. The van der Waals surface area contributed by atoms with E-state index >= 15 is 0 Å². The largest absolute Gasteiger partial charge is 0.456 e. The van der Waals surface area contributed by atoms with E-state index in [0.29, 0.717) is 17.6 Å². The summed E-state index contributed by atoms with van der Waals surface area (Å²) >= 11 is 0. The number of hydrogen-bond donors (Lipinski definition) is 0. The number of furan rings is 2. The highest BCUT2D eigenvalue weighted by atomic mass is 16.3. The smallest absolute Gasteiger partial charge is 0.238 e. The molecular formula is C45H34B8N4O2. The second-order valence-electron chi connectivity index (χ2n) is 16.2. The monoisotopic (exact) mass is 750 g/mol. The maximum atomic E-state index is 6.68. The Labute approximate surface area is 348 Å². The molecule has 0 radical (unpaired) electrons. The van der Waals surface area contributed by atoms with Gasteiger partial charge in [0.15, 0.2) is 11.6 Å². The summed E-state index contributed by atoms with van der Waals surface area (Å²) in [5.41, 5.74) is 19.7. The van der Waals surface area contributed by atoms with E-state index in [9.17, 15) is 0 Å². The van der Waals surface area contributed by atoms with Gasteiger partial charge in [-0.05, 0) is 40.6 Å². The lowest BCUT2D eigenvalue weighted by molar-refractivity contribution is 0.669. The van der Waals surface area contributed by atoms with Crippen molar-refractivity contribution < 1.29 is 8.83 Å². The van der Waals surface area contributed by atoms with Crippen LogP contribution in [0.15, 0.2) is 118 Å². The van der Waals surface area contributed by atoms with Crippen molar-refractivity contribution in [2.75, 3.05) is 0 Å². The zero-order valence-corrected chi connectivity index (χ0v) is 34.5. The van der Waals surface area contributed by atoms with Crippen LogP contribution in [-0.2, 0) is 0 Å². The minimum Gasteiger partial charge on any atom is -0.456 e. The fourth-order valence-electron chi connectivity index (χ4n) is 9.53. The number of rotatable bonds is 4. The van der Waals surface area contributed by atoms with E-state index in [1.54, 1.807) is 0 Å². The molecule has 0 N–H and O–H groups in total. The van der Waals surface area contributed by atoms with Crippen LogP contribution in [0.4, 0.5) is 0 Å². The first-order valence-corrected chi connectivity index (χ1v) is 20.3. The fourth-order valence-corrected chi connectivity index (χ4v) is 9.53. The van der Waals surface area contributed by atoms with Gasteiger partial charge < -0.3 is 8.83 Å². The predicted molar refractivity (Wildman–Crippen MR) is 270 cm³/mol. The lowest BCUT2D eigenvalue weighted by Crippen LogP contribution is -2.49. The molecule has 0 atom stereocenters. The van der Waals surface area contributed by atoms with Gasteiger partial charge in [0, 0.05) is 49.3 Å². The SMILES string of the molecule is Bc1c(B)c(B)c2c(c1B)c1c(B)c(B)c(B)c(B)c1n2-c1nc(-c2ccccc2)nc(-c2ccc3c(c2)oc2cccc(-c4cccc5c4oc4ccccc45)c23)n1. The summed E-state index contributed by atoms with van der Waals surface area (Å²) in [4.78, 5) is 15.9. The summed E-state index contributed by atoms with van der Waals surface area (Å²) in [5, 5.41) is 6.80. The number of hydrogen-bond acceptors (Lipinski definition) is 5. The van der Waals surface area contributed by atoms with Crippen molar-refractivity contribution in [1.82, 2.24) is 19.5 Å². The molecule has 0 unspecified atom stereocenters. The summed E-state index contributed by atoms with van der Waals surface area (Å²) in [6.07, 6.45) is 0. The Morgan fingerprint density at radius 2 is 0.966 bits per heavy atom. The van der Waals surface area contributed by atoms with Crippen LogP contribution in [0.5, 0.6) is 0 Å². The molecule has 7 aromatic carbocycles. The zero-order valence-electron chi connectivity index (χ0n) is 34.5. The van der Waals surface area contributed by atoms with Crippen molar-refractivity contribution in [3.63, 3.8) is 0 Å². The standard InChI is InChI=1S/C45H34B8N4O2/c46-32-30-31-33(47)35(49)37(51)39(53)41(31)57(40(30)38(52)36(50)34(32)48)45-55-43(19-8-2-1-3-9-19)54-44(56-45)20-16-17-25-28(18-20)58-27-15-7-11-22(29(25)27)24-13-6-12-23-21-10-4-5-14-26(21)59-42(23)24/h1-18H,46-53H2. The highest BCUT2D eigenvalue weighted by Gasteiger charge is 2.26. The van der Waals surface area contributed by atoms with Gasteiger partial charge in [-0.3, -0.25) is 4.57 Å². The maximum absolute atomic E-state index is 6.68. The van der Waals surface area contributed by atoms with Crippen LogP contribution >= 0.6 is 0 Å². The average Bonchev–Trinajstić information content (AvgIpc) is 3.96. The van der Waals surface area contributed by atoms with Gasteiger partial charge in [-0.25, -0.2) is 4.98 Å². The summed E-state index contributed by atoms with van der Waals surface area (Å²) in [5.74, 6) is 1.79. The first-order chi connectivity index (χ1) is 28.6. The van der Waals surface area contributed by atoms with E-state index in [1.165, 1.54) is 54.5 Å². The molecule has 0 bridgehead atoms. The minimum absolute atomic E-state index is 0.579. The molecule has 0 fully saturated rings. The molecule has 11 rings (SSSR count). The number of para-hydroxylation sites is 2. The van der Waals surface area contributed by atoms with Crippen LogP contribution in [0.1, 0.15) is 0 Å². The van der Waals surface area contributed by atoms with Crippen LogP contribution in [-0.4, -0.2) is 82.3 Å².